The van der Waals surface area contributed by atoms with E-state index in [2.05, 4.69) is 0 Å². The van der Waals surface area contributed by atoms with Crippen LogP contribution < -0.4 is 10.5 Å². The number of benzene rings is 2. The van der Waals surface area contributed by atoms with E-state index < -0.39 is 10.7 Å². The fourth-order valence-corrected chi connectivity index (χ4v) is 1.73. The van der Waals surface area contributed by atoms with E-state index in [0.717, 1.165) is 5.56 Å². The van der Waals surface area contributed by atoms with Gasteiger partial charge in [0.05, 0.1) is 4.92 Å². The van der Waals surface area contributed by atoms with Gasteiger partial charge in [-0.3, -0.25) is 10.1 Å². The number of halogens is 1. The minimum atomic E-state index is -0.608. The molecule has 0 aliphatic carbocycles. The quantitative estimate of drug-likeness (QED) is 0.686. The van der Waals surface area contributed by atoms with Crippen LogP contribution in [0.5, 0.6) is 11.5 Å². The fourth-order valence-electron chi connectivity index (χ4n) is 1.73. The third kappa shape index (κ3) is 2.92. The molecule has 0 amide bonds. The Bertz CT molecular complexity index is 659. The molecule has 104 valence electrons. The van der Waals surface area contributed by atoms with Crippen LogP contribution in [0.3, 0.4) is 0 Å². The van der Waals surface area contributed by atoms with E-state index in [1.165, 1.54) is 24.3 Å². The molecular formula is C14H13FN2O3. The molecule has 0 heterocycles. The van der Waals surface area contributed by atoms with Gasteiger partial charge in [-0.1, -0.05) is 12.1 Å². The molecule has 2 N–H and O–H groups in total. The topological polar surface area (TPSA) is 78.4 Å². The van der Waals surface area contributed by atoms with Gasteiger partial charge < -0.3 is 10.5 Å². The number of ether oxygens (including phenoxy) is 1. The smallest absolute Gasteiger partial charge is 0.311 e. The zero-order valence-electron chi connectivity index (χ0n) is 10.8. The number of nitrogens with two attached hydrogens (primary N) is 1. The van der Waals surface area contributed by atoms with Crippen molar-refractivity contribution in [2.75, 3.05) is 0 Å². The minimum Gasteiger partial charge on any atom is -0.447 e. The highest BCUT2D eigenvalue weighted by molar-refractivity contribution is 5.50. The SMILES string of the molecule is Cc1ccc(Oc2ccc(CN)cc2F)c([N+](=O)[O-])c1. The van der Waals surface area contributed by atoms with Crippen molar-refractivity contribution in [2.45, 2.75) is 13.5 Å². The highest BCUT2D eigenvalue weighted by Crippen LogP contribution is 2.33. The van der Waals surface area contributed by atoms with Crippen LogP contribution in [0.2, 0.25) is 0 Å². The molecular weight excluding hydrogens is 263 g/mol. The average Bonchev–Trinajstić information content (AvgIpc) is 2.42. The number of hydrogen-bond donors (Lipinski definition) is 1. The lowest BCUT2D eigenvalue weighted by molar-refractivity contribution is -0.385. The van der Waals surface area contributed by atoms with Gasteiger partial charge in [-0.05, 0) is 36.2 Å². The van der Waals surface area contributed by atoms with Gasteiger partial charge in [0.15, 0.2) is 11.6 Å². The molecule has 0 atom stereocenters. The second kappa shape index (κ2) is 5.66. The predicted molar refractivity (Wildman–Crippen MR) is 72.2 cm³/mol. The van der Waals surface area contributed by atoms with Crippen molar-refractivity contribution in [3.63, 3.8) is 0 Å². The van der Waals surface area contributed by atoms with Crippen LogP contribution in [-0.4, -0.2) is 4.92 Å². The summed E-state index contributed by atoms with van der Waals surface area (Å²) in [6, 6.07) is 8.74. The van der Waals surface area contributed by atoms with Crippen molar-refractivity contribution < 1.29 is 14.1 Å². The number of aryl methyl sites for hydroxylation is 1. The van der Waals surface area contributed by atoms with Crippen LogP contribution in [0.4, 0.5) is 10.1 Å². The van der Waals surface area contributed by atoms with E-state index in [1.54, 1.807) is 19.1 Å². The third-order valence-electron chi connectivity index (χ3n) is 2.76. The largest absolute Gasteiger partial charge is 0.447 e. The summed E-state index contributed by atoms with van der Waals surface area (Å²) in [6.45, 7) is 1.94. The van der Waals surface area contributed by atoms with E-state index in [9.17, 15) is 14.5 Å². The molecule has 5 nitrogen and oxygen atoms in total. The highest BCUT2D eigenvalue weighted by Gasteiger charge is 2.17. The average molecular weight is 276 g/mol. The lowest BCUT2D eigenvalue weighted by Gasteiger charge is -2.08. The second-order valence-electron chi connectivity index (χ2n) is 4.30. The summed E-state index contributed by atoms with van der Waals surface area (Å²) < 4.78 is 19.1. The molecule has 6 heteroatoms. The number of rotatable bonds is 4. The lowest BCUT2D eigenvalue weighted by atomic mass is 10.2. The zero-order chi connectivity index (χ0) is 14.7. The summed E-state index contributed by atoms with van der Waals surface area (Å²) in [5.41, 5.74) is 6.55. The molecule has 0 aromatic heterocycles. The van der Waals surface area contributed by atoms with E-state index in [1.807, 2.05) is 0 Å². The maximum atomic E-state index is 13.8. The van der Waals surface area contributed by atoms with Crippen LogP contribution in [0.1, 0.15) is 11.1 Å². The Kier molecular flexibility index (Phi) is 3.95. The monoisotopic (exact) mass is 276 g/mol. The Balaban J connectivity index is 2.37. The second-order valence-corrected chi connectivity index (χ2v) is 4.30. The first-order valence-corrected chi connectivity index (χ1v) is 5.92. The molecule has 0 aliphatic heterocycles. The van der Waals surface area contributed by atoms with Gasteiger partial charge >= 0.3 is 5.69 Å². The zero-order valence-corrected chi connectivity index (χ0v) is 10.8. The van der Waals surface area contributed by atoms with Gasteiger partial charge in [-0.2, -0.15) is 0 Å². The molecule has 0 aliphatic rings. The number of hydrogen-bond acceptors (Lipinski definition) is 4. The van der Waals surface area contributed by atoms with Crippen molar-refractivity contribution in [1.29, 1.82) is 0 Å². The van der Waals surface area contributed by atoms with Crippen LogP contribution in [-0.2, 0) is 6.54 Å². The summed E-state index contributed by atoms with van der Waals surface area (Å²) in [5.74, 6) is -0.683. The molecule has 0 fully saturated rings. The molecule has 0 saturated heterocycles. The van der Waals surface area contributed by atoms with E-state index in [-0.39, 0.29) is 23.7 Å². The first-order valence-electron chi connectivity index (χ1n) is 5.92. The summed E-state index contributed by atoms with van der Waals surface area (Å²) in [7, 11) is 0. The first-order chi connectivity index (χ1) is 9.51. The van der Waals surface area contributed by atoms with Gasteiger partial charge in [0, 0.05) is 12.6 Å². The van der Waals surface area contributed by atoms with Gasteiger partial charge in [-0.15, -0.1) is 0 Å². The van der Waals surface area contributed by atoms with Crippen molar-refractivity contribution >= 4 is 5.69 Å². The molecule has 0 radical (unpaired) electrons. The van der Waals surface area contributed by atoms with E-state index in [4.69, 9.17) is 10.5 Å². The van der Waals surface area contributed by atoms with Crippen molar-refractivity contribution in [1.82, 2.24) is 0 Å². The number of nitro benzene ring substituents is 1. The Morgan fingerprint density at radius 3 is 2.55 bits per heavy atom. The highest BCUT2D eigenvalue weighted by atomic mass is 19.1. The molecule has 2 aromatic carbocycles. The number of nitro groups is 1. The molecule has 2 aromatic rings. The third-order valence-corrected chi connectivity index (χ3v) is 2.76. The molecule has 20 heavy (non-hydrogen) atoms. The molecule has 2 rings (SSSR count). The fraction of sp³-hybridized carbons (Fsp3) is 0.143. The summed E-state index contributed by atoms with van der Waals surface area (Å²) >= 11 is 0. The van der Waals surface area contributed by atoms with Gasteiger partial charge in [-0.25, -0.2) is 4.39 Å². The Morgan fingerprint density at radius 2 is 1.95 bits per heavy atom. The van der Waals surface area contributed by atoms with Crippen LogP contribution in [0, 0.1) is 22.9 Å². The normalized spacial score (nSPS) is 10.3. The standard InChI is InChI=1S/C14H13FN2O3/c1-9-2-4-14(12(6-9)17(18)19)20-13-5-3-10(8-16)7-11(13)15/h2-7H,8,16H2,1H3. The minimum absolute atomic E-state index is 0.00000142. The Hall–Kier alpha value is -2.47. The maximum Gasteiger partial charge on any atom is 0.311 e. The number of nitrogens with zero attached hydrogens (tertiary/aromatic N) is 1. The predicted octanol–water partition coefficient (Wildman–Crippen LogP) is 3.29. The molecule has 0 unspecified atom stereocenters. The summed E-state index contributed by atoms with van der Waals surface area (Å²) in [5, 5.41) is 11.0. The van der Waals surface area contributed by atoms with E-state index >= 15 is 0 Å². The van der Waals surface area contributed by atoms with Gasteiger partial charge in [0.25, 0.3) is 0 Å². The maximum absolute atomic E-state index is 13.8. The van der Waals surface area contributed by atoms with Gasteiger partial charge in [0.2, 0.25) is 5.75 Å². The summed E-state index contributed by atoms with van der Waals surface area (Å²) in [4.78, 5) is 10.4. The molecule has 0 spiro atoms. The summed E-state index contributed by atoms with van der Waals surface area (Å²) in [6.07, 6.45) is 0. The Morgan fingerprint density at radius 1 is 1.25 bits per heavy atom. The van der Waals surface area contributed by atoms with Crippen LogP contribution >= 0.6 is 0 Å². The van der Waals surface area contributed by atoms with E-state index in [0.29, 0.717) is 5.56 Å². The Labute approximate surface area is 114 Å². The van der Waals surface area contributed by atoms with Crippen molar-refractivity contribution in [3.05, 3.63) is 63.5 Å². The van der Waals surface area contributed by atoms with Crippen molar-refractivity contribution in [2.24, 2.45) is 5.73 Å². The molecule has 0 saturated carbocycles. The van der Waals surface area contributed by atoms with Crippen LogP contribution in [0.25, 0.3) is 0 Å². The van der Waals surface area contributed by atoms with Gasteiger partial charge in [0.1, 0.15) is 0 Å². The first kappa shape index (κ1) is 14.0. The van der Waals surface area contributed by atoms with Crippen molar-refractivity contribution in [3.8, 4) is 11.5 Å². The lowest BCUT2D eigenvalue weighted by Crippen LogP contribution is -1.99. The van der Waals surface area contributed by atoms with Crippen LogP contribution in [0.15, 0.2) is 36.4 Å². The molecule has 0 bridgehead atoms.